The number of hydrogen-bond acceptors (Lipinski definition) is 3. The van der Waals surface area contributed by atoms with Crippen molar-refractivity contribution in [3.63, 3.8) is 0 Å². The van der Waals surface area contributed by atoms with Gasteiger partial charge in [0, 0.05) is 32.7 Å². The summed E-state index contributed by atoms with van der Waals surface area (Å²) in [5.74, 6) is 0.778. The van der Waals surface area contributed by atoms with Crippen LogP contribution < -0.4 is 10.6 Å². The molecule has 10 heteroatoms. The van der Waals surface area contributed by atoms with Crippen molar-refractivity contribution in [3.8, 4) is 0 Å². The first-order valence-corrected chi connectivity index (χ1v) is 11.4. The first-order chi connectivity index (χ1) is 13.2. The smallest absolute Gasteiger partial charge is 0.357 e. The van der Waals surface area contributed by atoms with Crippen molar-refractivity contribution in [2.24, 2.45) is 10.9 Å². The Bertz CT molecular complexity index is 654. The Morgan fingerprint density at radius 3 is 2.54 bits per heavy atom. The third-order valence-corrected chi connectivity index (χ3v) is 6.81. The van der Waals surface area contributed by atoms with E-state index in [1.807, 2.05) is 6.92 Å². The van der Waals surface area contributed by atoms with Gasteiger partial charge in [-0.1, -0.05) is 11.6 Å². The largest absolute Gasteiger partial charge is 0.511 e. The fourth-order valence-corrected chi connectivity index (χ4v) is 4.50. The van der Waals surface area contributed by atoms with Crippen LogP contribution in [0.25, 0.3) is 0 Å². The highest BCUT2D eigenvalue weighted by molar-refractivity contribution is 7.90. The first-order valence-electron chi connectivity index (χ1n) is 10.0. The average Bonchev–Trinajstić information content (AvgIpc) is 2.66. The fourth-order valence-electron chi connectivity index (χ4n) is 3.51. The predicted molar refractivity (Wildman–Crippen MR) is 104 cm³/mol. The molecule has 0 spiro atoms. The highest BCUT2D eigenvalue weighted by Crippen LogP contribution is 2.30. The molecule has 0 aromatic heterocycles. The summed E-state index contributed by atoms with van der Waals surface area (Å²) in [5.41, 5.74) is -3.75. The molecule has 28 heavy (non-hydrogen) atoms. The second-order valence-corrected chi connectivity index (χ2v) is 9.23. The van der Waals surface area contributed by atoms with Crippen LogP contribution in [0.15, 0.2) is 16.6 Å². The van der Waals surface area contributed by atoms with Gasteiger partial charge in [-0.25, -0.2) is 8.42 Å². The number of halogens is 3. The molecule has 2 N–H and O–H groups in total. The van der Waals surface area contributed by atoms with E-state index >= 15 is 0 Å². The van der Waals surface area contributed by atoms with Gasteiger partial charge < -0.3 is 10.6 Å². The quantitative estimate of drug-likeness (QED) is 0.374. The maximum Gasteiger partial charge on any atom is 0.511 e. The number of allylic oxidation sites excluding steroid dienone is 1. The van der Waals surface area contributed by atoms with Gasteiger partial charge in [-0.3, -0.25) is 4.99 Å². The Morgan fingerprint density at radius 2 is 1.96 bits per heavy atom. The van der Waals surface area contributed by atoms with E-state index in [2.05, 4.69) is 21.7 Å². The van der Waals surface area contributed by atoms with Crippen molar-refractivity contribution in [1.29, 1.82) is 0 Å². The van der Waals surface area contributed by atoms with Crippen molar-refractivity contribution in [2.75, 3.05) is 32.7 Å². The number of nitrogens with one attached hydrogen (secondary N) is 2. The van der Waals surface area contributed by atoms with E-state index in [0.717, 1.165) is 32.4 Å². The maximum absolute atomic E-state index is 12.6. The summed E-state index contributed by atoms with van der Waals surface area (Å²) in [7, 11) is -5.22. The lowest BCUT2D eigenvalue weighted by Crippen LogP contribution is -2.45. The van der Waals surface area contributed by atoms with Crippen molar-refractivity contribution < 1.29 is 21.6 Å². The summed E-state index contributed by atoms with van der Waals surface area (Å²) >= 11 is 0. The summed E-state index contributed by atoms with van der Waals surface area (Å²) in [6, 6.07) is 0. The van der Waals surface area contributed by atoms with E-state index in [1.54, 1.807) is 0 Å². The van der Waals surface area contributed by atoms with Crippen LogP contribution in [-0.4, -0.2) is 56.9 Å². The maximum atomic E-state index is 12.6. The number of sulfonamides is 1. The van der Waals surface area contributed by atoms with E-state index in [1.165, 1.54) is 18.4 Å². The van der Waals surface area contributed by atoms with Gasteiger partial charge in [0.15, 0.2) is 5.96 Å². The van der Waals surface area contributed by atoms with Gasteiger partial charge >= 0.3 is 15.5 Å². The van der Waals surface area contributed by atoms with E-state index < -0.39 is 15.5 Å². The topological polar surface area (TPSA) is 73.8 Å². The number of nitrogens with zero attached hydrogens (tertiary/aromatic N) is 2. The summed E-state index contributed by atoms with van der Waals surface area (Å²) in [5, 5.41) is 6.48. The molecule has 0 aromatic rings. The zero-order valence-electron chi connectivity index (χ0n) is 16.4. The van der Waals surface area contributed by atoms with E-state index in [0.29, 0.717) is 29.7 Å². The molecule has 1 aliphatic carbocycles. The molecule has 1 fully saturated rings. The molecule has 0 radical (unpaired) electrons. The van der Waals surface area contributed by atoms with E-state index in [-0.39, 0.29) is 19.0 Å². The molecule has 0 unspecified atom stereocenters. The zero-order chi connectivity index (χ0) is 20.6. The van der Waals surface area contributed by atoms with Gasteiger partial charge in [0.05, 0.1) is 0 Å². The molecule has 0 atom stereocenters. The van der Waals surface area contributed by atoms with Crippen LogP contribution in [-0.2, 0) is 10.0 Å². The van der Waals surface area contributed by atoms with Crippen molar-refractivity contribution >= 4 is 16.0 Å². The number of piperidine rings is 1. The second kappa shape index (κ2) is 10.5. The normalized spacial score (nSPS) is 20.7. The summed E-state index contributed by atoms with van der Waals surface area (Å²) in [6.07, 6.45) is 8.90. The number of guanidine groups is 1. The lowest BCUT2D eigenvalue weighted by Gasteiger charge is -2.30. The van der Waals surface area contributed by atoms with E-state index in [4.69, 9.17) is 0 Å². The Balaban J connectivity index is 1.79. The Labute approximate surface area is 165 Å². The van der Waals surface area contributed by atoms with Crippen LogP contribution in [0.3, 0.4) is 0 Å². The Morgan fingerprint density at radius 1 is 1.25 bits per heavy atom. The lowest BCUT2D eigenvalue weighted by molar-refractivity contribution is -0.0496. The highest BCUT2D eigenvalue weighted by atomic mass is 32.2. The third kappa shape index (κ3) is 6.65. The van der Waals surface area contributed by atoms with Crippen LogP contribution >= 0.6 is 0 Å². The highest BCUT2D eigenvalue weighted by Gasteiger charge is 2.50. The molecule has 0 bridgehead atoms. The summed E-state index contributed by atoms with van der Waals surface area (Å²) in [6.45, 7) is 3.73. The van der Waals surface area contributed by atoms with Crippen LogP contribution in [0.1, 0.15) is 51.9 Å². The Hall–Kier alpha value is -1.29. The molecule has 2 aliphatic rings. The number of rotatable bonds is 7. The van der Waals surface area contributed by atoms with Gasteiger partial charge in [-0.05, 0) is 57.8 Å². The SMILES string of the molecule is CCNC(=NCC1CCN(S(=O)(=O)C(F)(F)F)CC1)NCCC1=CCCCC1. The molecular weight excluding hydrogens is 393 g/mol. The Kier molecular flexibility index (Phi) is 8.60. The van der Waals surface area contributed by atoms with Gasteiger partial charge in [0.1, 0.15) is 0 Å². The number of hydrogen-bond donors (Lipinski definition) is 2. The monoisotopic (exact) mass is 424 g/mol. The second-order valence-electron chi connectivity index (χ2n) is 7.30. The molecular formula is C18H31F3N4O2S. The third-order valence-electron chi connectivity index (χ3n) is 5.18. The van der Waals surface area contributed by atoms with Crippen LogP contribution in [0.4, 0.5) is 13.2 Å². The molecule has 1 saturated heterocycles. The fraction of sp³-hybridized carbons (Fsp3) is 0.833. The first kappa shape index (κ1) is 23.0. The van der Waals surface area contributed by atoms with Gasteiger partial charge in [-0.2, -0.15) is 17.5 Å². The van der Waals surface area contributed by atoms with Crippen LogP contribution in [0.2, 0.25) is 0 Å². The predicted octanol–water partition coefficient (Wildman–Crippen LogP) is 2.99. The molecule has 0 aromatic carbocycles. The van der Waals surface area contributed by atoms with Gasteiger partial charge in [0.25, 0.3) is 0 Å². The minimum Gasteiger partial charge on any atom is -0.357 e. The zero-order valence-corrected chi connectivity index (χ0v) is 17.2. The van der Waals surface area contributed by atoms with Crippen LogP contribution in [0.5, 0.6) is 0 Å². The summed E-state index contributed by atoms with van der Waals surface area (Å²) in [4.78, 5) is 4.54. The van der Waals surface area contributed by atoms with Crippen molar-refractivity contribution in [3.05, 3.63) is 11.6 Å². The molecule has 2 rings (SSSR count). The number of alkyl halides is 3. The summed E-state index contributed by atoms with van der Waals surface area (Å²) < 4.78 is 61.4. The van der Waals surface area contributed by atoms with E-state index in [9.17, 15) is 21.6 Å². The molecule has 0 amide bonds. The van der Waals surface area contributed by atoms with Gasteiger partial charge in [0.2, 0.25) is 0 Å². The lowest BCUT2D eigenvalue weighted by atomic mass is 9.97. The minimum absolute atomic E-state index is 0.0798. The molecule has 162 valence electrons. The molecule has 1 heterocycles. The number of aliphatic imine (C=N–C) groups is 1. The van der Waals surface area contributed by atoms with Gasteiger partial charge in [-0.15, -0.1) is 0 Å². The standard InChI is InChI=1S/C18H31F3N4O2S/c1-2-22-17(23-11-8-15-6-4-3-5-7-15)24-14-16-9-12-25(13-10-16)28(26,27)18(19,20)21/h6,16H,2-5,7-14H2,1H3,(H2,22,23,24). The molecule has 6 nitrogen and oxygen atoms in total. The average molecular weight is 425 g/mol. The van der Waals surface area contributed by atoms with Crippen LogP contribution in [0, 0.1) is 5.92 Å². The minimum atomic E-state index is -5.23. The van der Waals surface area contributed by atoms with Crippen molar-refractivity contribution in [2.45, 2.75) is 57.4 Å². The molecule has 0 saturated carbocycles. The molecule has 1 aliphatic heterocycles. The van der Waals surface area contributed by atoms with Crippen molar-refractivity contribution in [1.82, 2.24) is 14.9 Å².